The molecular formula is C20H23N5O2. The van der Waals surface area contributed by atoms with Gasteiger partial charge in [0.25, 0.3) is 5.71 Å². The number of aryl methyl sites for hydroxylation is 3. The molecular weight excluding hydrogens is 342 g/mol. The fourth-order valence-electron chi connectivity index (χ4n) is 3.63. The molecule has 1 amide bonds. The largest absolute Gasteiger partial charge is 0.355 e. The molecule has 1 aliphatic heterocycles. The van der Waals surface area contributed by atoms with Gasteiger partial charge >= 0.3 is 0 Å². The van der Waals surface area contributed by atoms with Crippen LogP contribution in [0.3, 0.4) is 0 Å². The van der Waals surface area contributed by atoms with Crippen LogP contribution in [0.1, 0.15) is 29.7 Å². The van der Waals surface area contributed by atoms with Gasteiger partial charge in [-0.2, -0.15) is 4.98 Å². The van der Waals surface area contributed by atoms with E-state index in [0.29, 0.717) is 12.3 Å². The van der Waals surface area contributed by atoms with Crippen molar-refractivity contribution in [1.29, 1.82) is 0 Å². The zero-order chi connectivity index (χ0) is 19.0. The highest BCUT2D eigenvalue weighted by Crippen LogP contribution is 2.30. The monoisotopic (exact) mass is 365 g/mol. The third-order valence-electron chi connectivity index (χ3n) is 5.17. The molecule has 0 spiro atoms. The molecule has 1 atom stereocenters. The molecule has 3 aromatic rings. The van der Waals surface area contributed by atoms with Crippen LogP contribution in [-0.4, -0.2) is 34.1 Å². The Morgan fingerprint density at radius 2 is 2.11 bits per heavy atom. The predicted octanol–water partition coefficient (Wildman–Crippen LogP) is 3.40. The average Bonchev–Trinajstić information content (AvgIpc) is 3.06. The Morgan fingerprint density at radius 1 is 1.26 bits per heavy atom. The van der Waals surface area contributed by atoms with Crippen LogP contribution >= 0.6 is 0 Å². The van der Waals surface area contributed by atoms with Crippen molar-refractivity contribution in [3.8, 4) is 0 Å². The molecule has 1 aromatic carbocycles. The second kappa shape index (κ2) is 6.98. The number of carbonyl (C=O) groups excluding carboxylic acids is 1. The molecule has 0 unspecified atom stereocenters. The fourth-order valence-corrected chi connectivity index (χ4v) is 3.63. The number of aromatic nitrogens is 3. The summed E-state index contributed by atoms with van der Waals surface area (Å²) in [5.41, 5.74) is 4.34. The summed E-state index contributed by atoms with van der Waals surface area (Å²) in [7, 11) is 0. The molecule has 0 aliphatic carbocycles. The average molecular weight is 365 g/mol. The van der Waals surface area contributed by atoms with Crippen LogP contribution in [0.25, 0.3) is 11.1 Å². The molecule has 7 nitrogen and oxygen atoms in total. The molecule has 1 saturated heterocycles. The summed E-state index contributed by atoms with van der Waals surface area (Å²) in [6.07, 6.45) is 3.28. The van der Waals surface area contributed by atoms with Gasteiger partial charge < -0.3 is 14.7 Å². The zero-order valence-electron chi connectivity index (χ0n) is 15.8. The van der Waals surface area contributed by atoms with Crippen LogP contribution in [0.4, 0.5) is 11.5 Å². The van der Waals surface area contributed by atoms with Crippen LogP contribution in [-0.2, 0) is 4.79 Å². The molecule has 2 aromatic heterocycles. The molecule has 27 heavy (non-hydrogen) atoms. The van der Waals surface area contributed by atoms with Crippen molar-refractivity contribution in [3.05, 3.63) is 41.3 Å². The number of hydrogen-bond acceptors (Lipinski definition) is 6. The van der Waals surface area contributed by atoms with Crippen LogP contribution in [0.5, 0.6) is 0 Å². The topological polar surface area (TPSA) is 84.2 Å². The van der Waals surface area contributed by atoms with Gasteiger partial charge in [0.15, 0.2) is 0 Å². The summed E-state index contributed by atoms with van der Waals surface area (Å²) in [5.74, 6) is 0.757. The first-order valence-electron chi connectivity index (χ1n) is 9.23. The van der Waals surface area contributed by atoms with E-state index in [-0.39, 0.29) is 11.8 Å². The minimum atomic E-state index is -0.0937. The minimum absolute atomic E-state index is 0.0562. The maximum Gasteiger partial charge on any atom is 0.263 e. The second-order valence-electron chi connectivity index (χ2n) is 7.24. The molecule has 3 heterocycles. The van der Waals surface area contributed by atoms with Gasteiger partial charge in [0.2, 0.25) is 5.91 Å². The highest BCUT2D eigenvalue weighted by atomic mass is 16.5. The lowest BCUT2D eigenvalue weighted by Crippen LogP contribution is -2.41. The van der Waals surface area contributed by atoms with E-state index >= 15 is 0 Å². The Labute approximate surface area is 157 Å². The number of carbonyl (C=O) groups is 1. The van der Waals surface area contributed by atoms with Crippen LogP contribution in [0.15, 0.2) is 29.0 Å². The van der Waals surface area contributed by atoms with Crippen LogP contribution in [0.2, 0.25) is 0 Å². The SMILES string of the molecule is Cc1ccc(C)c(NC(=O)[C@H]2CCCN(c3ncnc4onc(C)c34)C2)c1. The third-order valence-corrected chi connectivity index (χ3v) is 5.17. The van der Waals surface area contributed by atoms with Gasteiger partial charge in [-0.15, -0.1) is 0 Å². The van der Waals surface area contributed by atoms with Crippen LogP contribution in [0, 0.1) is 26.7 Å². The third kappa shape index (κ3) is 3.37. The Hall–Kier alpha value is -2.96. The van der Waals surface area contributed by atoms with Gasteiger partial charge in [-0.05, 0) is 50.8 Å². The lowest BCUT2D eigenvalue weighted by atomic mass is 9.96. The van der Waals surface area contributed by atoms with E-state index in [1.807, 2.05) is 32.9 Å². The van der Waals surface area contributed by atoms with Gasteiger partial charge in [-0.1, -0.05) is 17.3 Å². The van der Waals surface area contributed by atoms with Crippen molar-refractivity contribution >= 4 is 28.5 Å². The first-order valence-corrected chi connectivity index (χ1v) is 9.23. The van der Waals surface area contributed by atoms with Crippen molar-refractivity contribution in [1.82, 2.24) is 15.1 Å². The lowest BCUT2D eigenvalue weighted by Gasteiger charge is -2.33. The Kier molecular flexibility index (Phi) is 4.51. The molecule has 140 valence electrons. The van der Waals surface area contributed by atoms with Gasteiger partial charge in [0, 0.05) is 18.8 Å². The number of nitrogens with zero attached hydrogens (tertiary/aromatic N) is 4. The van der Waals surface area contributed by atoms with Gasteiger partial charge in [0.05, 0.1) is 11.6 Å². The van der Waals surface area contributed by atoms with Crippen molar-refractivity contribution in [2.45, 2.75) is 33.6 Å². The predicted molar refractivity (Wildman–Crippen MR) is 104 cm³/mol. The number of fused-ring (bicyclic) bond motifs is 1. The lowest BCUT2D eigenvalue weighted by molar-refractivity contribution is -0.120. The molecule has 0 bridgehead atoms. The molecule has 1 N–H and O–H groups in total. The smallest absolute Gasteiger partial charge is 0.263 e. The highest BCUT2D eigenvalue weighted by molar-refractivity contribution is 5.94. The van der Waals surface area contributed by atoms with E-state index in [4.69, 9.17) is 4.52 Å². The van der Waals surface area contributed by atoms with E-state index in [1.165, 1.54) is 6.33 Å². The molecule has 7 heteroatoms. The first-order chi connectivity index (χ1) is 13.0. The second-order valence-corrected chi connectivity index (χ2v) is 7.24. The van der Waals surface area contributed by atoms with Gasteiger partial charge in [0.1, 0.15) is 17.5 Å². The molecule has 0 radical (unpaired) electrons. The molecule has 4 rings (SSSR count). The minimum Gasteiger partial charge on any atom is -0.355 e. The number of benzene rings is 1. The summed E-state index contributed by atoms with van der Waals surface area (Å²) >= 11 is 0. The molecule has 1 fully saturated rings. The summed E-state index contributed by atoms with van der Waals surface area (Å²) in [6, 6.07) is 6.10. The van der Waals surface area contributed by atoms with E-state index in [0.717, 1.165) is 53.1 Å². The van der Waals surface area contributed by atoms with Crippen molar-refractivity contribution < 1.29 is 9.32 Å². The highest BCUT2D eigenvalue weighted by Gasteiger charge is 2.28. The Morgan fingerprint density at radius 3 is 2.96 bits per heavy atom. The molecule has 0 saturated carbocycles. The molecule has 1 aliphatic rings. The number of amides is 1. The first kappa shape index (κ1) is 17.5. The van der Waals surface area contributed by atoms with Crippen molar-refractivity contribution in [2.75, 3.05) is 23.3 Å². The zero-order valence-corrected chi connectivity index (χ0v) is 15.8. The number of hydrogen-bond donors (Lipinski definition) is 1. The summed E-state index contributed by atoms with van der Waals surface area (Å²) in [6.45, 7) is 7.39. The fraction of sp³-hybridized carbons (Fsp3) is 0.400. The summed E-state index contributed by atoms with van der Waals surface area (Å²) in [4.78, 5) is 23.6. The number of nitrogens with one attached hydrogen (secondary N) is 1. The van der Waals surface area contributed by atoms with Crippen LogP contribution < -0.4 is 10.2 Å². The maximum atomic E-state index is 12.9. The van der Waals surface area contributed by atoms with Gasteiger partial charge in [-0.3, -0.25) is 4.79 Å². The van der Waals surface area contributed by atoms with E-state index in [2.05, 4.69) is 31.4 Å². The number of rotatable bonds is 3. The van der Waals surface area contributed by atoms with Crippen molar-refractivity contribution in [2.24, 2.45) is 5.92 Å². The maximum absolute atomic E-state index is 12.9. The standard InChI is InChI=1S/C20H23N5O2/c1-12-6-7-13(2)16(9-12)23-19(26)15-5-4-8-25(10-15)18-17-14(3)24-27-20(17)22-11-21-18/h6-7,9,11,15H,4-5,8,10H2,1-3H3,(H,23,26)/t15-/m0/s1. The quantitative estimate of drug-likeness (QED) is 0.766. The van der Waals surface area contributed by atoms with E-state index in [1.54, 1.807) is 0 Å². The Balaban J connectivity index is 1.55. The number of piperidine rings is 1. The summed E-state index contributed by atoms with van der Waals surface area (Å²) in [5, 5.41) is 7.93. The van der Waals surface area contributed by atoms with E-state index < -0.39 is 0 Å². The number of anilines is 2. The summed E-state index contributed by atoms with van der Waals surface area (Å²) < 4.78 is 5.25. The normalized spacial score (nSPS) is 17.3. The Bertz CT molecular complexity index is 997. The van der Waals surface area contributed by atoms with Gasteiger partial charge in [-0.25, -0.2) is 4.98 Å². The van der Waals surface area contributed by atoms with E-state index in [9.17, 15) is 4.79 Å². The van der Waals surface area contributed by atoms with Crippen molar-refractivity contribution in [3.63, 3.8) is 0 Å².